The minimum atomic E-state index is 0.574. The van der Waals surface area contributed by atoms with E-state index in [0.717, 1.165) is 143 Å². The van der Waals surface area contributed by atoms with Crippen molar-refractivity contribution in [3.8, 4) is 90.6 Å². The fraction of sp³-hybridized carbons (Fsp3) is 0. The van der Waals surface area contributed by atoms with Gasteiger partial charge in [-0.25, -0.2) is 29.9 Å². The van der Waals surface area contributed by atoms with Crippen LogP contribution in [0.2, 0.25) is 0 Å². The van der Waals surface area contributed by atoms with Crippen molar-refractivity contribution in [3.05, 3.63) is 279 Å². The molecule has 0 spiro atoms. The average Bonchev–Trinajstić information content (AvgIpc) is 1.53. The lowest BCUT2D eigenvalue weighted by molar-refractivity contribution is 0.669. The number of fused-ring (bicyclic) bond motifs is 19. The van der Waals surface area contributed by atoms with E-state index in [2.05, 4.69) is 203 Å². The zero-order chi connectivity index (χ0) is 61.3. The Hall–Kier alpha value is -12.9. The van der Waals surface area contributed by atoms with Crippen molar-refractivity contribution in [2.24, 2.45) is 0 Å². The van der Waals surface area contributed by atoms with Crippen molar-refractivity contribution in [2.75, 3.05) is 0 Å². The maximum Gasteiger partial charge on any atom is 0.164 e. The molecule has 10 heteroatoms. The van der Waals surface area contributed by atoms with Crippen LogP contribution in [-0.4, -0.2) is 38.7 Å². The molecule has 0 radical (unpaired) electrons. The molecule has 0 N–H and O–H groups in total. The standard InChI is InChI=1S/C84H46N8O2/c1-4-19-48(20-5-1)79-85-82(88-83(87-79)53-26-14-25-52(43-53)54-29-17-37-69-72(54)64-45-68-62(46-71(64)93-69)59-32-16-31-58-56-27-10-12-35-66(56)91(68)76(58)59)51-41-39-47(40-42-51)55-30-15-33-60-74-77-63(57-28-11-13-36-67(57)92(77)75(55)60)44-65-73-61(34-18-38-70(73)94-78(65)74)84-89-80(49-21-6-2-7-22-49)86-81(90-84)50-23-8-3-9-24-50/h1-46H. The van der Waals surface area contributed by atoms with E-state index in [4.69, 9.17) is 38.7 Å². The first-order chi connectivity index (χ1) is 46.6. The predicted octanol–water partition coefficient (Wildman–Crippen LogP) is 21.5. The first kappa shape index (κ1) is 50.9. The number of rotatable bonds is 8. The summed E-state index contributed by atoms with van der Waals surface area (Å²) in [5.41, 5.74) is 19.8. The second kappa shape index (κ2) is 19.3. The van der Waals surface area contributed by atoms with E-state index in [9.17, 15) is 0 Å². The maximum atomic E-state index is 7.14. The second-order valence-electron chi connectivity index (χ2n) is 24.4. The Balaban J connectivity index is 0.696. The zero-order valence-electron chi connectivity index (χ0n) is 50.0. The van der Waals surface area contributed by atoms with Crippen molar-refractivity contribution in [1.82, 2.24) is 38.7 Å². The fourth-order valence-corrected chi connectivity index (χ4v) is 15.2. The van der Waals surface area contributed by atoms with Crippen LogP contribution in [0.4, 0.5) is 0 Å². The lowest BCUT2D eigenvalue weighted by Gasteiger charge is -2.11. The third-order valence-electron chi connectivity index (χ3n) is 19.3. The summed E-state index contributed by atoms with van der Waals surface area (Å²) in [5.74, 6) is 3.52. The summed E-state index contributed by atoms with van der Waals surface area (Å²) in [6.45, 7) is 0. The number of furan rings is 2. The van der Waals surface area contributed by atoms with Gasteiger partial charge in [-0.15, -0.1) is 0 Å². The Bertz CT molecular complexity index is 6650. The van der Waals surface area contributed by atoms with Gasteiger partial charge in [0.05, 0.1) is 38.5 Å². The SMILES string of the molecule is c1ccc(-c2nc(-c3ccc(-c4cccc5c6c7oc8cccc(-c9nc(-c%10ccccc%10)nc(-c%10ccccc%10)n9)c8c7cc7c8ccccc8n(c45)c76)cc3)nc(-c3cccc(-c4cccc5oc6cc7c8cccc9c%10ccccc%10n(c7cc6c45)c98)c3)n2)cc1. The Morgan fingerprint density at radius 1 is 0.213 bits per heavy atom. The lowest BCUT2D eigenvalue weighted by Crippen LogP contribution is -2.00. The molecule has 10 nitrogen and oxygen atoms in total. The van der Waals surface area contributed by atoms with Crippen molar-refractivity contribution >= 4 is 120 Å². The molecule has 0 amide bonds. The van der Waals surface area contributed by atoms with Crippen LogP contribution in [0.1, 0.15) is 0 Å². The third kappa shape index (κ3) is 7.29. The van der Waals surface area contributed by atoms with Gasteiger partial charge in [-0.2, -0.15) is 0 Å². The molecule has 0 fully saturated rings. The molecule has 0 unspecified atom stereocenters. The van der Waals surface area contributed by atoms with Crippen LogP contribution in [0.25, 0.3) is 211 Å². The van der Waals surface area contributed by atoms with E-state index in [1.807, 2.05) is 84.9 Å². The molecule has 0 aliphatic heterocycles. The summed E-state index contributed by atoms with van der Waals surface area (Å²) in [6.07, 6.45) is 0. The highest BCUT2D eigenvalue weighted by molar-refractivity contribution is 6.35. The Labute approximate surface area is 534 Å². The van der Waals surface area contributed by atoms with E-state index in [-0.39, 0.29) is 0 Å². The van der Waals surface area contributed by atoms with Gasteiger partial charge < -0.3 is 17.6 Å². The van der Waals surface area contributed by atoms with Crippen molar-refractivity contribution < 1.29 is 8.83 Å². The molecule has 0 saturated heterocycles. The van der Waals surface area contributed by atoms with E-state index in [1.54, 1.807) is 0 Å². The first-order valence-corrected chi connectivity index (χ1v) is 31.6. The number of hydrogen-bond donors (Lipinski definition) is 0. The lowest BCUT2D eigenvalue weighted by atomic mass is 9.97. The quantitative estimate of drug-likeness (QED) is 0.148. The predicted molar refractivity (Wildman–Crippen MR) is 381 cm³/mol. The van der Waals surface area contributed by atoms with Crippen LogP contribution in [0.15, 0.2) is 288 Å². The van der Waals surface area contributed by atoms with E-state index < -0.39 is 0 Å². The van der Waals surface area contributed by atoms with Crippen LogP contribution < -0.4 is 0 Å². The summed E-state index contributed by atoms with van der Waals surface area (Å²) >= 11 is 0. The van der Waals surface area contributed by atoms with Gasteiger partial charge in [-0.05, 0) is 65.2 Å². The molecule has 8 aromatic heterocycles. The molecule has 0 bridgehead atoms. The largest absolute Gasteiger partial charge is 0.456 e. The Morgan fingerprint density at radius 3 is 1.36 bits per heavy atom. The van der Waals surface area contributed by atoms with Gasteiger partial charge in [0.25, 0.3) is 0 Å². The summed E-state index contributed by atoms with van der Waals surface area (Å²) in [4.78, 5) is 31.2. The topological polar surface area (TPSA) is 112 Å². The third-order valence-corrected chi connectivity index (χ3v) is 19.3. The number of hydrogen-bond acceptors (Lipinski definition) is 8. The number of benzene rings is 13. The zero-order valence-corrected chi connectivity index (χ0v) is 50.0. The van der Waals surface area contributed by atoms with E-state index >= 15 is 0 Å². The highest BCUT2D eigenvalue weighted by atomic mass is 16.3. The van der Waals surface area contributed by atoms with Gasteiger partial charge in [-0.3, -0.25) is 0 Å². The molecule has 8 heterocycles. The number of para-hydroxylation sites is 4. The van der Waals surface area contributed by atoms with Crippen molar-refractivity contribution in [1.29, 1.82) is 0 Å². The van der Waals surface area contributed by atoms with E-state index in [1.165, 1.54) is 32.6 Å². The molecule has 434 valence electrons. The highest BCUT2D eigenvalue weighted by Gasteiger charge is 2.28. The van der Waals surface area contributed by atoms with Gasteiger partial charge in [-0.1, -0.05) is 231 Å². The van der Waals surface area contributed by atoms with Crippen LogP contribution in [0.5, 0.6) is 0 Å². The first-order valence-electron chi connectivity index (χ1n) is 31.6. The van der Waals surface area contributed by atoms with Crippen molar-refractivity contribution in [3.63, 3.8) is 0 Å². The van der Waals surface area contributed by atoms with Gasteiger partial charge >= 0.3 is 0 Å². The number of aromatic nitrogens is 8. The molecule has 0 atom stereocenters. The summed E-state index contributed by atoms with van der Waals surface area (Å²) in [5, 5.41) is 13.4. The van der Waals surface area contributed by atoms with Crippen molar-refractivity contribution in [2.45, 2.75) is 0 Å². The van der Waals surface area contributed by atoms with Gasteiger partial charge in [0.1, 0.15) is 22.3 Å². The van der Waals surface area contributed by atoms with Gasteiger partial charge in [0.15, 0.2) is 34.9 Å². The van der Waals surface area contributed by atoms with Crippen LogP contribution >= 0.6 is 0 Å². The van der Waals surface area contributed by atoms with Crippen LogP contribution in [0, 0.1) is 0 Å². The summed E-state index contributed by atoms with van der Waals surface area (Å²) in [6, 6.07) is 97.7. The molecule has 0 aliphatic carbocycles. The minimum Gasteiger partial charge on any atom is -0.456 e. The maximum absolute atomic E-state index is 7.14. The van der Waals surface area contributed by atoms with Crippen LogP contribution in [-0.2, 0) is 0 Å². The molecule has 21 aromatic rings. The normalized spacial score (nSPS) is 12.3. The molecular formula is C84H46N8O2. The smallest absolute Gasteiger partial charge is 0.164 e. The highest BCUT2D eigenvalue weighted by Crippen LogP contribution is 2.50. The van der Waals surface area contributed by atoms with Crippen LogP contribution in [0.3, 0.4) is 0 Å². The average molecular weight is 1200 g/mol. The Morgan fingerprint density at radius 2 is 0.681 bits per heavy atom. The summed E-state index contributed by atoms with van der Waals surface area (Å²) < 4.78 is 18.8. The fourth-order valence-electron chi connectivity index (χ4n) is 15.2. The molecule has 0 saturated carbocycles. The molecule has 94 heavy (non-hydrogen) atoms. The Kier molecular flexibility index (Phi) is 10.4. The van der Waals surface area contributed by atoms with Gasteiger partial charge in [0.2, 0.25) is 0 Å². The summed E-state index contributed by atoms with van der Waals surface area (Å²) in [7, 11) is 0. The monoisotopic (exact) mass is 1200 g/mol. The number of nitrogens with zero attached hydrogens (tertiary/aromatic N) is 8. The van der Waals surface area contributed by atoms with Gasteiger partial charge in [0, 0.05) is 98.2 Å². The molecule has 21 rings (SSSR count). The molecule has 0 aliphatic rings. The molecule has 13 aromatic carbocycles. The second-order valence-corrected chi connectivity index (χ2v) is 24.4. The minimum absolute atomic E-state index is 0.574. The molecular weight excluding hydrogens is 1150 g/mol. The van der Waals surface area contributed by atoms with E-state index in [0.29, 0.717) is 34.9 Å².